The van der Waals surface area contributed by atoms with Gasteiger partial charge in [0, 0.05) is 24.0 Å². The smallest absolute Gasteiger partial charge is 0.123 e. The molecule has 3 nitrogen and oxygen atoms in total. The Morgan fingerprint density at radius 1 is 1.47 bits per heavy atom. The van der Waals surface area contributed by atoms with Gasteiger partial charge in [-0.1, -0.05) is 22.9 Å². The summed E-state index contributed by atoms with van der Waals surface area (Å²) in [6.45, 7) is 8.25. The number of benzene rings is 1. The van der Waals surface area contributed by atoms with Crippen LogP contribution in [0.2, 0.25) is 0 Å². The van der Waals surface area contributed by atoms with E-state index in [0.29, 0.717) is 6.54 Å². The van der Waals surface area contributed by atoms with Gasteiger partial charge < -0.3 is 9.84 Å². The normalized spacial score (nSPS) is 18.5. The first-order chi connectivity index (χ1) is 8.87. The van der Waals surface area contributed by atoms with Crippen molar-refractivity contribution >= 4 is 15.9 Å². The molecule has 1 heterocycles. The van der Waals surface area contributed by atoms with E-state index in [-0.39, 0.29) is 6.10 Å². The summed E-state index contributed by atoms with van der Waals surface area (Å²) in [6, 6.07) is 6.16. The van der Waals surface area contributed by atoms with Crippen molar-refractivity contribution in [2.45, 2.75) is 38.9 Å². The molecule has 0 bridgehead atoms. The molecule has 1 aromatic rings. The highest BCUT2D eigenvalue weighted by Gasteiger charge is 2.26. The molecule has 19 heavy (non-hydrogen) atoms. The van der Waals surface area contributed by atoms with E-state index in [9.17, 15) is 5.11 Å². The van der Waals surface area contributed by atoms with Gasteiger partial charge in [-0.3, -0.25) is 4.90 Å². The van der Waals surface area contributed by atoms with Crippen LogP contribution >= 0.6 is 15.9 Å². The van der Waals surface area contributed by atoms with E-state index >= 15 is 0 Å². The maximum atomic E-state index is 9.91. The third-order valence-corrected chi connectivity index (χ3v) is 3.78. The van der Waals surface area contributed by atoms with E-state index in [2.05, 4.69) is 33.8 Å². The largest absolute Gasteiger partial charge is 0.488 e. The summed E-state index contributed by atoms with van der Waals surface area (Å²) in [4.78, 5) is 2.24. The second kappa shape index (κ2) is 5.81. The standard InChI is InChI=1S/C15H22BrNO2/c1-4-17(10-15(2,3)18)9-13-8-11-7-12(16)5-6-14(11)19-13/h5-7,13,18H,4,8-10H2,1-3H3. The van der Waals surface area contributed by atoms with Crippen LogP contribution in [-0.4, -0.2) is 41.3 Å². The lowest BCUT2D eigenvalue weighted by Gasteiger charge is -2.29. The van der Waals surface area contributed by atoms with Crippen LogP contribution in [0.3, 0.4) is 0 Å². The van der Waals surface area contributed by atoms with Crippen molar-refractivity contribution in [1.29, 1.82) is 0 Å². The number of likely N-dealkylation sites (N-methyl/N-ethyl adjacent to an activating group) is 1. The lowest BCUT2D eigenvalue weighted by Crippen LogP contribution is -2.43. The monoisotopic (exact) mass is 327 g/mol. The molecular weight excluding hydrogens is 306 g/mol. The van der Waals surface area contributed by atoms with Gasteiger partial charge in [0.15, 0.2) is 0 Å². The van der Waals surface area contributed by atoms with Gasteiger partial charge in [0.05, 0.1) is 5.60 Å². The van der Waals surface area contributed by atoms with Gasteiger partial charge in [-0.15, -0.1) is 0 Å². The first-order valence-electron chi connectivity index (χ1n) is 6.77. The predicted molar refractivity (Wildman–Crippen MR) is 80.7 cm³/mol. The van der Waals surface area contributed by atoms with Crippen molar-refractivity contribution in [3.05, 3.63) is 28.2 Å². The summed E-state index contributed by atoms with van der Waals surface area (Å²) in [5.74, 6) is 0.993. The van der Waals surface area contributed by atoms with Gasteiger partial charge in [0.25, 0.3) is 0 Å². The van der Waals surface area contributed by atoms with Crippen molar-refractivity contribution in [2.75, 3.05) is 19.6 Å². The third kappa shape index (κ3) is 4.20. The fourth-order valence-corrected chi connectivity index (χ4v) is 2.94. The average molecular weight is 328 g/mol. The topological polar surface area (TPSA) is 32.7 Å². The summed E-state index contributed by atoms with van der Waals surface area (Å²) in [7, 11) is 0. The van der Waals surface area contributed by atoms with Gasteiger partial charge >= 0.3 is 0 Å². The van der Waals surface area contributed by atoms with Crippen LogP contribution in [0.5, 0.6) is 5.75 Å². The Morgan fingerprint density at radius 3 is 2.84 bits per heavy atom. The minimum Gasteiger partial charge on any atom is -0.488 e. The Morgan fingerprint density at radius 2 is 2.21 bits per heavy atom. The highest BCUT2D eigenvalue weighted by molar-refractivity contribution is 9.10. The Bertz CT molecular complexity index is 442. The number of rotatable bonds is 5. The second-order valence-electron chi connectivity index (χ2n) is 5.84. The van der Waals surface area contributed by atoms with Gasteiger partial charge in [-0.25, -0.2) is 0 Å². The number of aliphatic hydroxyl groups is 1. The number of halogens is 1. The number of fused-ring (bicyclic) bond motifs is 1. The van der Waals surface area contributed by atoms with Crippen molar-refractivity contribution in [2.24, 2.45) is 0 Å². The van der Waals surface area contributed by atoms with Crippen LogP contribution in [0.15, 0.2) is 22.7 Å². The molecule has 1 aliphatic heterocycles. The van der Waals surface area contributed by atoms with E-state index in [1.807, 2.05) is 26.0 Å². The van der Waals surface area contributed by atoms with Gasteiger partial charge in [0.1, 0.15) is 11.9 Å². The van der Waals surface area contributed by atoms with E-state index in [1.165, 1.54) is 5.56 Å². The molecule has 106 valence electrons. The molecule has 1 atom stereocenters. The first kappa shape index (κ1) is 14.8. The van der Waals surface area contributed by atoms with Crippen LogP contribution in [0.25, 0.3) is 0 Å². The molecule has 0 saturated heterocycles. The zero-order valence-corrected chi connectivity index (χ0v) is 13.4. The molecule has 1 N–H and O–H groups in total. The van der Waals surface area contributed by atoms with E-state index in [1.54, 1.807) is 0 Å². The molecule has 0 radical (unpaired) electrons. The zero-order chi connectivity index (χ0) is 14.0. The lowest BCUT2D eigenvalue weighted by molar-refractivity contribution is 0.0266. The summed E-state index contributed by atoms with van der Waals surface area (Å²) in [6.07, 6.45) is 1.13. The Balaban J connectivity index is 1.95. The number of nitrogens with zero attached hydrogens (tertiary/aromatic N) is 1. The number of hydrogen-bond acceptors (Lipinski definition) is 3. The molecule has 4 heteroatoms. The van der Waals surface area contributed by atoms with Gasteiger partial charge in [-0.05, 0) is 44.2 Å². The number of hydrogen-bond donors (Lipinski definition) is 1. The SMILES string of the molecule is CCN(CC1Cc2cc(Br)ccc2O1)CC(C)(C)O. The minimum absolute atomic E-state index is 0.187. The summed E-state index contributed by atoms with van der Waals surface area (Å²) < 4.78 is 7.06. The molecule has 1 unspecified atom stereocenters. The number of ether oxygens (including phenoxy) is 1. The maximum absolute atomic E-state index is 9.91. The second-order valence-corrected chi connectivity index (χ2v) is 6.75. The molecule has 0 aliphatic carbocycles. The van der Waals surface area contributed by atoms with Gasteiger partial charge in [0.2, 0.25) is 0 Å². The van der Waals surface area contributed by atoms with E-state index in [0.717, 1.165) is 29.7 Å². The van der Waals surface area contributed by atoms with Crippen molar-refractivity contribution in [1.82, 2.24) is 4.90 Å². The Kier molecular flexibility index (Phi) is 4.54. The fraction of sp³-hybridized carbons (Fsp3) is 0.600. The highest BCUT2D eigenvalue weighted by Crippen LogP contribution is 2.31. The summed E-state index contributed by atoms with van der Waals surface area (Å²) in [5.41, 5.74) is 0.600. The Hall–Kier alpha value is -0.580. The molecule has 0 fully saturated rings. The highest BCUT2D eigenvalue weighted by atomic mass is 79.9. The molecule has 0 saturated carbocycles. The van der Waals surface area contributed by atoms with Crippen molar-refractivity contribution in [3.63, 3.8) is 0 Å². The van der Waals surface area contributed by atoms with Crippen LogP contribution in [0.1, 0.15) is 26.3 Å². The van der Waals surface area contributed by atoms with Gasteiger partial charge in [-0.2, -0.15) is 0 Å². The van der Waals surface area contributed by atoms with Crippen LogP contribution < -0.4 is 4.74 Å². The first-order valence-corrected chi connectivity index (χ1v) is 7.56. The molecule has 0 spiro atoms. The molecule has 1 aromatic carbocycles. The van der Waals surface area contributed by atoms with E-state index in [4.69, 9.17) is 4.74 Å². The van der Waals surface area contributed by atoms with Crippen molar-refractivity contribution in [3.8, 4) is 5.75 Å². The maximum Gasteiger partial charge on any atom is 0.123 e. The van der Waals surface area contributed by atoms with E-state index < -0.39 is 5.60 Å². The third-order valence-electron chi connectivity index (χ3n) is 3.28. The lowest BCUT2D eigenvalue weighted by atomic mass is 10.1. The fourth-order valence-electron chi connectivity index (χ4n) is 2.53. The zero-order valence-electron chi connectivity index (χ0n) is 11.8. The predicted octanol–water partition coefficient (Wildman–Crippen LogP) is 2.85. The minimum atomic E-state index is -0.662. The molecule has 0 amide bonds. The van der Waals surface area contributed by atoms with Crippen LogP contribution in [0, 0.1) is 0 Å². The quantitative estimate of drug-likeness (QED) is 0.902. The molecule has 2 rings (SSSR count). The molecule has 0 aromatic heterocycles. The van der Waals surface area contributed by atoms with Crippen molar-refractivity contribution < 1.29 is 9.84 Å². The summed E-state index contributed by atoms with van der Waals surface area (Å²) >= 11 is 3.49. The Labute approximate surface area is 123 Å². The summed E-state index contributed by atoms with van der Waals surface area (Å²) in [5, 5.41) is 9.91. The molecule has 1 aliphatic rings. The van der Waals surface area contributed by atoms with Crippen LogP contribution in [0.4, 0.5) is 0 Å². The molecular formula is C15H22BrNO2. The van der Waals surface area contributed by atoms with Crippen LogP contribution in [-0.2, 0) is 6.42 Å². The average Bonchev–Trinajstić information content (AvgIpc) is 2.67.